The molecule has 1 amide bonds. The average molecular weight is 436 g/mol. The third-order valence-electron chi connectivity index (χ3n) is 3.67. The lowest BCUT2D eigenvalue weighted by Crippen LogP contribution is -2.30. The molecule has 1 N–H and O–H groups in total. The first-order valence-corrected chi connectivity index (χ1v) is 9.15. The van der Waals surface area contributed by atoms with Gasteiger partial charge in [-0.25, -0.2) is 4.79 Å². The molecule has 3 rings (SSSR count). The minimum Gasteiger partial charge on any atom is -0.486 e. The van der Waals surface area contributed by atoms with Crippen LogP contribution in [0.2, 0.25) is 0 Å². The molecule has 1 aliphatic heterocycles. The fraction of sp³-hybridized carbons (Fsp3) is 0.263. The van der Waals surface area contributed by atoms with Crippen LogP contribution in [0.3, 0.4) is 0 Å². The van der Waals surface area contributed by atoms with E-state index in [0.717, 1.165) is 17.1 Å². The summed E-state index contributed by atoms with van der Waals surface area (Å²) in [5.41, 5.74) is 1.02. The van der Waals surface area contributed by atoms with Crippen molar-refractivity contribution in [1.29, 1.82) is 0 Å². The first kappa shape index (κ1) is 19.0. The summed E-state index contributed by atoms with van der Waals surface area (Å²) in [5, 5.41) is 2.71. The number of carbonyl (C=O) groups excluding carboxylic acids is 2. The molecule has 0 unspecified atom stereocenters. The molecule has 0 saturated carbocycles. The monoisotopic (exact) mass is 435 g/mol. The van der Waals surface area contributed by atoms with Gasteiger partial charge in [0, 0.05) is 12.6 Å². The highest BCUT2D eigenvalue weighted by Gasteiger charge is 2.12. The lowest BCUT2D eigenvalue weighted by atomic mass is 10.1. The minimum absolute atomic E-state index is 0.341. The number of hydrogen-bond donors (Lipinski definition) is 1. The molecule has 0 spiro atoms. The Hall–Kier alpha value is -2.74. The van der Waals surface area contributed by atoms with Crippen LogP contribution in [0.15, 0.2) is 45.5 Å². The van der Waals surface area contributed by atoms with Crippen LogP contribution in [0.25, 0.3) is 6.08 Å². The second kappa shape index (κ2) is 9.27. The molecule has 0 saturated heterocycles. The summed E-state index contributed by atoms with van der Waals surface area (Å²) in [4.78, 5) is 23.4. The fourth-order valence-electron chi connectivity index (χ4n) is 2.39. The van der Waals surface area contributed by atoms with E-state index >= 15 is 0 Å². The van der Waals surface area contributed by atoms with Gasteiger partial charge in [0.15, 0.2) is 22.8 Å². The Morgan fingerprint density at radius 2 is 1.96 bits per heavy atom. The molecule has 2 aromatic rings. The van der Waals surface area contributed by atoms with E-state index in [4.69, 9.17) is 18.6 Å². The summed E-state index contributed by atoms with van der Waals surface area (Å²) in [7, 11) is 0. The maximum absolute atomic E-state index is 11.8. The number of rotatable bonds is 7. The molecule has 0 radical (unpaired) electrons. The molecular weight excluding hydrogens is 418 g/mol. The summed E-state index contributed by atoms with van der Waals surface area (Å²) in [6.07, 6.45) is 3.30. The van der Waals surface area contributed by atoms with E-state index < -0.39 is 5.97 Å². The van der Waals surface area contributed by atoms with Crippen LogP contribution >= 0.6 is 15.9 Å². The highest BCUT2D eigenvalue weighted by atomic mass is 79.9. The van der Waals surface area contributed by atoms with Gasteiger partial charge in [0.05, 0.1) is 0 Å². The first-order valence-electron chi connectivity index (χ1n) is 8.35. The number of hydrogen-bond acceptors (Lipinski definition) is 6. The van der Waals surface area contributed by atoms with Gasteiger partial charge in [-0.15, -0.1) is 0 Å². The zero-order valence-electron chi connectivity index (χ0n) is 14.4. The normalized spacial score (nSPS) is 12.8. The Kier molecular flexibility index (Phi) is 6.54. The van der Waals surface area contributed by atoms with Crippen molar-refractivity contribution in [2.75, 3.05) is 26.4 Å². The standard InChI is InChI=1S/C19H18BrNO6/c20-17-5-2-14(27-17)3-6-19(23)26-12-18(22)21-8-7-13-1-4-15-16(11-13)25-10-9-24-15/h1-6,11H,7-10,12H2,(H,21,22). The van der Waals surface area contributed by atoms with Gasteiger partial charge in [0.1, 0.15) is 19.0 Å². The predicted octanol–water partition coefficient (Wildman–Crippen LogP) is 2.73. The smallest absolute Gasteiger partial charge is 0.331 e. The Morgan fingerprint density at radius 3 is 2.74 bits per heavy atom. The molecule has 1 aromatic heterocycles. The highest BCUT2D eigenvalue weighted by Crippen LogP contribution is 2.30. The van der Waals surface area contributed by atoms with Crippen LogP contribution in [0.1, 0.15) is 11.3 Å². The maximum Gasteiger partial charge on any atom is 0.331 e. The molecule has 0 bridgehead atoms. The lowest BCUT2D eigenvalue weighted by Gasteiger charge is -2.18. The van der Waals surface area contributed by atoms with E-state index in [9.17, 15) is 9.59 Å². The van der Waals surface area contributed by atoms with Crippen molar-refractivity contribution >= 4 is 33.9 Å². The van der Waals surface area contributed by atoms with Gasteiger partial charge in [-0.2, -0.15) is 0 Å². The third-order valence-corrected chi connectivity index (χ3v) is 4.09. The summed E-state index contributed by atoms with van der Waals surface area (Å²) < 4.78 is 21.7. The zero-order valence-corrected chi connectivity index (χ0v) is 16.0. The third kappa shape index (κ3) is 5.89. The molecule has 7 nitrogen and oxygen atoms in total. The highest BCUT2D eigenvalue weighted by molar-refractivity contribution is 9.10. The van der Waals surface area contributed by atoms with Crippen LogP contribution in [-0.4, -0.2) is 38.2 Å². The molecule has 1 aromatic carbocycles. The van der Waals surface area contributed by atoms with Gasteiger partial charge in [0.2, 0.25) is 0 Å². The van der Waals surface area contributed by atoms with Crippen LogP contribution in [0, 0.1) is 0 Å². The number of amides is 1. The van der Waals surface area contributed by atoms with Gasteiger partial charge in [0.25, 0.3) is 5.91 Å². The SMILES string of the molecule is O=C(COC(=O)C=Cc1ccc(Br)o1)NCCc1ccc2c(c1)OCCO2. The lowest BCUT2D eigenvalue weighted by molar-refractivity contribution is -0.143. The summed E-state index contributed by atoms with van der Waals surface area (Å²) >= 11 is 3.17. The second-order valence-corrected chi connectivity index (χ2v) is 6.44. The molecular formula is C19H18BrNO6. The van der Waals surface area contributed by atoms with Gasteiger partial charge < -0.3 is 23.9 Å². The Morgan fingerprint density at radius 1 is 1.15 bits per heavy atom. The number of nitrogens with one attached hydrogen (secondary N) is 1. The predicted molar refractivity (Wildman–Crippen MR) is 101 cm³/mol. The van der Waals surface area contributed by atoms with E-state index in [2.05, 4.69) is 21.2 Å². The van der Waals surface area contributed by atoms with Gasteiger partial charge in [-0.3, -0.25) is 4.79 Å². The van der Waals surface area contributed by atoms with E-state index in [0.29, 0.717) is 36.6 Å². The summed E-state index contributed by atoms with van der Waals surface area (Å²) in [6.45, 7) is 1.16. The van der Waals surface area contributed by atoms with Gasteiger partial charge in [-0.1, -0.05) is 6.07 Å². The van der Waals surface area contributed by atoms with E-state index in [1.54, 1.807) is 12.1 Å². The van der Waals surface area contributed by atoms with E-state index in [1.165, 1.54) is 12.2 Å². The second-order valence-electron chi connectivity index (χ2n) is 5.66. The van der Waals surface area contributed by atoms with Gasteiger partial charge in [-0.05, 0) is 58.3 Å². The van der Waals surface area contributed by atoms with Crippen LogP contribution in [-0.2, 0) is 20.7 Å². The van der Waals surface area contributed by atoms with Crippen molar-refractivity contribution in [3.05, 3.63) is 52.4 Å². The number of esters is 1. The van der Waals surface area contributed by atoms with Crippen molar-refractivity contribution in [3.63, 3.8) is 0 Å². The van der Waals surface area contributed by atoms with Crippen LogP contribution in [0.4, 0.5) is 0 Å². The molecule has 0 aliphatic carbocycles. The van der Waals surface area contributed by atoms with E-state index in [-0.39, 0.29) is 12.5 Å². The quantitative estimate of drug-likeness (QED) is 0.531. The zero-order chi connectivity index (χ0) is 19.1. The number of carbonyl (C=O) groups is 2. The minimum atomic E-state index is -0.621. The van der Waals surface area contributed by atoms with Crippen molar-refractivity contribution in [2.45, 2.75) is 6.42 Å². The molecule has 27 heavy (non-hydrogen) atoms. The summed E-state index contributed by atoms with van der Waals surface area (Å²) in [6, 6.07) is 9.09. The molecule has 8 heteroatoms. The Balaban J connectivity index is 1.36. The van der Waals surface area contributed by atoms with E-state index in [1.807, 2.05) is 18.2 Å². The van der Waals surface area contributed by atoms with Crippen LogP contribution in [0.5, 0.6) is 11.5 Å². The number of furan rings is 1. The fourth-order valence-corrected chi connectivity index (χ4v) is 2.71. The molecule has 0 atom stereocenters. The number of fused-ring (bicyclic) bond motifs is 1. The maximum atomic E-state index is 11.8. The Bertz CT molecular complexity index is 844. The molecule has 2 heterocycles. The van der Waals surface area contributed by atoms with Gasteiger partial charge >= 0.3 is 5.97 Å². The number of benzene rings is 1. The van der Waals surface area contributed by atoms with Crippen molar-refractivity contribution in [2.24, 2.45) is 0 Å². The molecule has 142 valence electrons. The van der Waals surface area contributed by atoms with Crippen molar-refractivity contribution in [3.8, 4) is 11.5 Å². The van der Waals surface area contributed by atoms with Crippen molar-refractivity contribution in [1.82, 2.24) is 5.32 Å². The summed E-state index contributed by atoms with van der Waals surface area (Å²) in [5.74, 6) is 0.965. The average Bonchev–Trinajstić information content (AvgIpc) is 3.10. The topological polar surface area (TPSA) is 87.0 Å². The number of halogens is 1. The molecule has 1 aliphatic rings. The Labute approximate surface area is 164 Å². The number of ether oxygens (including phenoxy) is 3. The van der Waals surface area contributed by atoms with Crippen molar-refractivity contribution < 1.29 is 28.2 Å². The van der Waals surface area contributed by atoms with Crippen LogP contribution < -0.4 is 14.8 Å². The first-order chi connectivity index (χ1) is 13.1. The largest absolute Gasteiger partial charge is 0.486 e. The molecule has 0 fully saturated rings.